The molecule has 61 heavy (non-hydrogen) atoms. The number of rotatable bonds is 15. The topological polar surface area (TPSA) is 177 Å². The minimum Gasteiger partial charge on any atom is -0.508 e. The highest BCUT2D eigenvalue weighted by Crippen LogP contribution is 2.26. The number of fused-ring (bicyclic) bond motifs is 2. The second-order valence-corrected chi connectivity index (χ2v) is 13.7. The Morgan fingerprint density at radius 3 is 1.56 bits per heavy atom. The van der Waals surface area contributed by atoms with Crippen LogP contribution in [-0.4, -0.2) is 48.4 Å². The van der Waals surface area contributed by atoms with Crippen molar-refractivity contribution in [3.8, 4) is 11.5 Å². The van der Waals surface area contributed by atoms with Crippen LogP contribution in [0.3, 0.4) is 0 Å². The number of anilines is 2. The molecule has 0 saturated carbocycles. The fourth-order valence-electron chi connectivity index (χ4n) is 6.49. The fraction of sp³-hybridized carbons (Fsp3) is 0.174. The Hall–Kier alpha value is -7.78. The van der Waals surface area contributed by atoms with Gasteiger partial charge in [0, 0.05) is 43.5 Å². The molecule has 0 radical (unpaired) electrons. The summed E-state index contributed by atoms with van der Waals surface area (Å²) in [7, 11) is 1.57. The van der Waals surface area contributed by atoms with E-state index in [9.17, 15) is 14.7 Å². The molecule has 310 valence electrons. The summed E-state index contributed by atoms with van der Waals surface area (Å²) in [5.41, 5.74) is 6.35. The Labute approximate surface area is 350 Å². The van der Waals surface area contributed by atoms with E-state index < -0.39 is 0 Å². The summed E-state index contributed by atoms with van der Waals surface area (Å²) in [6.07, 6.45) is 2.84. The smallest absolute Gasteiger partial charge is 0.287 e. The number of hydrogen-bond donors (Lipinski definition) is 3. The van der Waals surface area contributed by atoms with Crippen molar-refractivity contribution in [2.24, 2.45) is 0 Å². The summed E-state index contributed by atoms with van der Waals surface area (Å²) in [6.45, 7) is 5.15. The van der Waals surface area contributed by atoms with E-state index in [1.54, 1.807) is 19.2 Å². The summed E-state index contributed by atoms with van der Waals surface area (Å²) in [5.74, 6) is 0.899. The quantitative estimate of drug-likeness (QED) is 0.0974. The molecule has 4 aromatic heterocycles. The van der Waals surface area contributed by atoms with Crippen molar-refractivity contribution in [1.29, 1.82) is 0 Å². The minimum atomic E-state index is -0.341. The number of ether oxygens (including phenoxy) is 2. The molecule has 0 amide bonds. The van der Waals surface area contributed by atoms with E-state index in [1.165, 1.54) is 34.2 Å². The molecule has 0 aliphatic rings. The van der Waals surface area contributed by atoms with E-state index in [1.807, 2.05) is 111 Å². The summed E-state index contributed by atoms with van der Waals surface area (Å²) >= 11 is 0. The van der Waals surface area contributed by atoms with Gasteiger partial charge in [-0.15, -0.1) is 9.46 Å². The zero-order valence-electron chi connectivity index (χ0n) is 33.8. The molecule has 0 aliphatic heterocycles. The molecule has 0 bridgehead atoms. The van der Waals surface area contributed by atoms with Gasteiger partial charge in [-0.3, -0.25) is 9.59 Å². The second kappa shape index (κ2) is 19.8. The SMILES string of the molecule is COCOc1ccccc1CNc1cc(=O)n(OCc2ccccc2)c2ncnc(C)c12.Cc1ncnc2c1c(NCc1ccccc1O)cc(=O)n2OCc1ccccc1. The Bertz CT molecular complexity index is 2850. The van der Waals surface area contributed by atoms with Crippen LogP contribution in [0, 0.1) is 13.8 Å². The number of hydrogen-bond acceptors (Lipinski definition) is 13. The number of aromatic hydroxyl groups is 1. The van der Waals surface area contributed by atoms with Crippen LogP contribution in [-0.2, 0) is 31.0 Å². The molecule has 0 fully saturated rings. The Kier molecular flexibility index (Phi) is 13.4. The van der Waals surface area contributed by atoms with Gasteiger partial charge in [-0.1, -0.05) is 97.1 Å². The van der Waals surface area contributed by atoms with Crippen LogP contribution in [0.1, 0.15) is 33.6 Å². The number of phenols is 1. The maximum absolute atomic E-state index is 12.9. The van der Waals surface area contributed by atoms with Gasteiger partial charge in [0.2, 0.25) is 0 Å². The van der Waals surface area contributed by atoms with Gasteiger partial charge in [-0.25, -0.2) is 19.9 Å². The van der Waals surface area contributed by atoms with Gasteiger partial charge in [0.15, 0.2) is 18.1 Å². The molecule has 4 heterocycles. The molecule has 0 saturated heterocycles. The summed E-state index contributed by atoms with van der Waals surface area (Å²) < 4.78 is 13.1. The van der Waals surface area contributed by atoms with E-state index in [4.69, 9.17) is 19.1 Å². The molecular formula is C46H44N8O7. The zero-order chi connectivity index (χ0) is 42.6. The first-order valence-electron chi connectivity index (χ1n) is 19.3. The number of phenolic OH excluding ortho intramolecular Hbond substituents is 1. The van der Waals surface area contributed by atoms with Crippen LogP contribution >= 0.6 is 0 Å². The molecule has 15 nitrogen and oxygen atoms in total. The van der Waals surface area contributed by atoms with Gasteiger partial charge in [0.1, 0.15) is 37.4 Å². The lowest BCUT2D eigenvalue weighted by Gasteiger charge is -2.16. The van der Waals surface area contributed by atoms with E-state index in [0.29, 0.717) is 52.6 Å². The highest BCUT2D eigenvalue weighted by molar-refractivity contribution is 5.91. The highest BCUT2D eigenvalue weighted by atomic mass is 16.7. The number of aromatic nitrogens is 6. The predicted molar refractivity (Wildman–Crippen MR) is 232 cm³/mol. The predicted octanol–water partition coefficient (Wildman–Crippen LogP) is 6.37. The molecule has 4 aromatic carbocycles. The normalized spacial score (nSPS) is 10.8. The molecule has 8 aromatic rings. The Balaban J connectivity index is 0.000000185. The third kappa shape index (κ3) is 10.1. The van der Waals surface area contributed by atoms with Crippen LogP contribution in [0.4, 0.5) is 11.4 Å². The molecular weight excluding hydrogens is 777 g/mol. The lowest BCUT2D eigenvalue weighted by Crippen LogP contribution is -2.28. The average Bonchev–Trinajstić information content (AvgIpc) is 3.28. The third-order valence-corrected chi connectivity index (χ3v) is 9.53. The number of pyridine rings is 2. The largest absolute Gasteiger partial charge is 0.508 e. The van der Waals surface area contributed by atoms with Crippen molar-refractivity contribution < 1.29 is 24.3 Å². The van der Waals surface area contributed by atoms with E-state index in [-0.39, 0.29) is 36.9 Å². The Morgan fingerprint density at radius 2 is 1.05 bits per heavy atom. The van der Waals surface area contributed by atoms with Crippen molar-refractivity contribution in [2.45, 2.75) is 40.2 Å². The molecule has 8 rings (SSSR count). The minimum absolute atomic E-state index is 0.154. The van der Waals surface area contributed by atoms with E-state index in [2.05, 4.69) is 30.6 Å². The van der Waals surface area contributed by atoms with E-state index >= 15 is 0 Å². The molecule has 3 N–H and O–H groups in total. The van der Waals surface area contributed by atoms with Crippen molar-refractivity contribution >= 4 is 33.4 Å². The van der Waals surface area contributed by atoms with Crippen LogP contribution in [0.25, 0.3) is 22.1 Å². The van der Waals surface area contributed by atoms with Gasteiger partial charge in [0.05, 0.1) is 33.5 Å². The maximum atomic E-state index is 12.9. The number of nitrogens with one attached hydrogen (secondary N) is 2. The molecule has 0 unspecified atom stereocenters. The first kappa shape index (κ1) is 41.4. The van der Waals surface area contributed by atoms with Crippen LogP contribution < -0.4 is 36.2 Å². The number of aryl methyl sites for hydroxylation is 2. The Morgan fingerprint density at radius 1 is 0.590 bits per heavy atom. The first-order valence-corrected chi connectivity index (χ1v) is 19.3. The van der Waals surface area contributed by atoms with Crippen LogP contribution in [0.2, 0.25) is 0 Å². The third-order valence-electron chi connectivity index (χ3n) is 9.53. The lowest BCUT2D eigenvalue weighted by atomic mass is 10.1. The molecule has 0 aliphatic carbocycles. The number of para-hydroxylation sites is 2. The molecule has 0 spiro atoms. The van der Waals surface area contributed by atoms with Crippen molar-refractivity contribution in [3.63, 3.8) is 0 Å². The second-order valence-electron chi connectivity index (χ2n) is 13.7. The lowest BCUT2D eigenvalue weighted by molar-refractivity contribution is 0.0505. The standard InChI is InChI=1S/C24H24N4O4.C22H20N4O3/c1-17-23-20(25-13-19-10-6-7-11-21(19)31-16-30-2)12-22(29)28(24(23)27-15-26-17)32-14-18-8-4-3-5-9-18;1-15-21-18(23-12-17-9-5-6-10-19(17)27)11-20(28)26(22(21)25-14-24-15)29-13-16-7-3-2-4-8-16/h3-12,15,25H,13-14,16H2,1-2H3;2-11,14,23,27H,12-13H2,1H3. The highest BCUT2D eigenvalue weighted by Gasteiger charge is 2.17. The van der Waals surface area contributed by atoms with Crippen LogP contribution in [0.5, 0.6) is 11.5 Å². The van der Waals surface area contributed by atoms with Gasteiger partial charge in [-0.05, 0) is 37.1 Å². The van der Waals surface area contributed by atoms with Crippen molar-refractivity contribution in [3.05, 3.63) is 188 Å². The van der Waals surface area contributed by atoms with Gasteiger partial charge in [0.25, 0.3) is 11.1 Å². The van der Waals surface area contributed by atoms with Crippen molar-refractivity contribution in [1.82, 2.24) is 29.4 Å². The first-order chi connectivity index (χ1) is 29.8. The van der Waals surface area contributed by atoms with Gasteiger partial charge < -0.3 is 34.9 Å². The fourth-order valence-corrected chi connectivity index (χ4v) is 6.49. The van der Waals surface area contributed by atoms with Crippen LogP contribution in [0.15, 0.2) is 144 Å². The zero-order valence-corrected chi connectivity index (χ0v) is 33.8. The van der Waals surface area contributed by atoms with E-state index in [0.717, 1.165) is 33.3 Å². The van der Waals surface area contributed by atoms with Gasteiger partial charge >= 0.3 is 0 Å². The van der Waals surface area contributed by atoms with Crippen molar-refractivity contribution in [2.75, 3.05) is 24.5 Å². The molecule has 15 heteroatoms. The van der Waals surface area contributed by atoms with Gasteiger partial charge in [-0.2, -0.15) is 0 Å². The summed E-state index contributed by atoms with van der Waals surface area (Å²) in [4.78, 5) is 54.4. The average molecular weight is 821 g/mol. The number of nitrogens with zero attached hydrogens (tertiary/aromatic N) is 6. The maximum Gasteiger partial charge on any atom is 0.287 e. The summed E-state index contributed by atoms with van der Waals surface area (Å²) in [5, 5.41) is 17.9. The summed E-state index contributed by atoms with van der Waals surface area (Å²) in [6, 6.07) is 36.9. The number of benzene rings is 4. The number of methoxy groups -OCH3 is 1. The molecule has 0 atom stereocenters. The monoisotopic (exact) mass is 820 g/mol.